The van der Waals surface area contributed by atoms with E-state index in [-0.39, 0.29) is 12.4 Å². The molecule has 0 aliphatic carbocycles. The number of benzene rings is 1. The molecule has 0 bridgehead atoms. The van der Waals surface area contributed by atoms with Crippen LogP contribution in [0.5, 0.6) is 5.75 Å². The van der Waals surface area contributed by atoms with E-state index in [4.69, 9.17) is 27.9 Å². The first-order valence-corrected chi connectivity index (χ1v) is 4.92. The van der Waals surface area contributed by atoms with Crippen molar-refractivity contribution in [3.05, 3.63) is 27.7 Å². The zero-order valence-corrected chi connectivity index (χ0v) is 9.85. The summed E-state index contributed by atoms with van der Waals surface area (Å²) in [5, 5.41) is 0.837. The van der Waals surface area contributed by atoms with E-state index in [1.807, 2.05) is 0 Å². The summed E-state index contributed by atoms with van der Waals surface area (Å²) >= 11 is 11.7. The highest BCUT2D eigenvalue weighted by atomic mass is 35.5. The molecule has 0 aromatic heterocycles. The molecule has 0 heterocycles. The largest absolute Gasteiger partial charge is 0.495 e. The predicted molar refractivity (Wildman–Crippen MR) is 58.7 cm³/mol. The first-order chi connectivity index (χ1) is 7.08. The number of carbonyl (C=O) groups is 1. The summed E-state index contributed by atoms with van der Waals surface area (Å²) in [5.41, 5.74) is 0.613. The quantitative estimate of drug-likeness (QED) is 0.772. The number of rotatable bonds is 3. The lowest BCUT2D eigenvalue weighted by Gasteiger charge is -2.09. The monoisotopic (exact) mass is 248 g/mol. The summed E-state index contributed by atoms with van der Waals surface area (Å²) in [4.78, 5) is 11.1. The summed E-state index contributed by atoms with van der Waals surface area (Å²) in [5.74, 6) is 0.0816. The average molecular weight is 249 g/mol. The van der Waals surface area contributed by atoms with Crippen molar-refractivity contribution in [2.45, 2.75) is 6.42 Å². The van der Waals surface area contributed by atoms with Crippen LogP contribution in [0, 0.1) is 0 Å². The van der Waals surface area contributed by atoms with Crippen LogP contribution in [0.25, 0.3) is 0 Å². The van der Waals surface area contributed by atoms with Crippen LogP contribution < -0.4 is 4.74 Å². The predicted octanol–water partition coefficient (Wildman–Crippen LogP) is 2.72. The van der Waals surface area contributed by atoms with E-state index in [2.05, 4.69) is 4.74 Å². The molecule has 1 aromatic carbocycles. The normalized spacial score (nSPS) is 9.87. The second-order valence-electron chi connectivity index (χ2n) is 2.83. The van der Waals surface area contributed by atoms with Crippen LogP contribution in [-0.2, 0) is 16.0 Å². The number of hydrogen-bond donors (Lipinski definition) is 0. The van der Waals surface area contributed by atoms with Gasteiger partial charge in [0.1, 0.15) is 5.75 Å². The van der Waals surface area contributed by atoms with Gasteiger partial charge in [-0.05, 0) is 12.1 Å². The molecule has 82 valence electrons. The molecule has 0 saturated carbocycles. The minimum absolute atomic E-state index is 0.0833. The van der Waals surface area contributed by atoms with E-state index < -0.39 is 0 Å². The molecular formula is C10H10Cl2O3. The van der Waals surface area contributed by atoms with Crippen LogP contribution >= 0.6 is 23.2 Å². The molecule has 0 unspecified atom stereocenters. The Balaban J connectivity index is 3.09. The van der Waals surface area contributed by atoms with E-state index in [0.29, 0.717) is 21.4 Å². The van der Waals surface area contributed by atoms with E-state index in [9.17, 15) is 4.79 Å². The summed E-state index contributed by atoms with van der Waals surface area (Å²) < 4.78 is 9.63. The van der Waals surface area contributed by atoms with Crippen LogP contribution in [0.2, 0.25) is 10.0 Å². The van der Waals surface area contributed by atoms with Crippen molar-refractivity contribution in [1.29, 1.82) is 0 Å². The molecule has 0 N–H and O–H groups in total. The molecule has 0 aliphatic rings. The molecule has 0 saturated heterocycles. The Morgan fingerprint density at radius 2 is 2.00 bits per heavy atom. The Bertz CT molecular complexity index is 377. The fourth-order valence-electron chi connectivity index (χ4n) is 1.20. The van der Waals surface area contributed by atoms with Crippen molar-refractivity contribution < 1.29 is 14.3 Å². The van der Waals surface area contributed by atoms with Gasteiger partial charge in [-0.3, -0.25) is 4.79 Å². The van der Waals surface area contributed by atoms with Crippen molar-refractivity contribution in [3.63, 3.8) is 0 Å². The molecule has 0 radical (unpaired) electrons. The van der Waals surface area contributed by atoms with Gasteiger partial charge < -0.3 is 9.47 Å². The molecule has 5 heteroatoms. The maximum absolute atomic E-state index is 11.1. The molecule has 0 aliphatic heterocycles. The maximum Gasteiger partial charge on any atom is 0.310 e. The number of methoxy groups -OCH3 is 2. The van der Waals surface area contributed by atoms with Crippen molar-refractivity contribution in [2.24, 2.45) is 0 Å². The smallest absolute Gasteiger partial charge is 0.310 e. The Morgan fingerprint density at radius 1 is 1.33 bits per heavy atom. The highest BCUT2D eigenvalue weighted by molar-refractivity contribution is 6.35. The number of esters is 1. The standard InChI is InChI=1S/C10H10Cl2O3/c1-14-9(13)4-6-3-7(11)5-8(12)10(6)15-2/h3,5H,4H2,1-2H3. The van der Waals surface area contributed by atoms with E-state index in [1.54, 1.807) is 12.1 Å². The number of hydrogen-bond acceptors (Lipinski definition) is 3. The summed E-state index contributed by atoms with van der Waals surface area (Å²) in [7, 11) is 2.80. The summed E-state index contributed by atoms with van der Waals surface area (Å²) in [6, 6.07) is 3.19. The Kier molecular flexibility index (Phi) is 4.24. The van der Waals surface area contributed by atoms with Gasteiger partial charge in [0.05, 0.1) is 25.7 Å². The van der Waals surface area contributed by atoms with Crippen molar-refractivity contribution in [1.82, 2.24) is 0 Å². The number of carbonyl (C=O) groups excluding carboxylic acids is 1. The van der Waals surface area contributed by atoms with Crippen LogP contribution in [0.3, 0.4) is 0 Å². The zero-order valence-electron chi connectivity index (χ0n) is 8.34. The van der Waals surface area contributed by atoms with Gasteiger partial charge >= 0.3 is 5.97 Å². The molecule has 0 fully saturated rings. The topological polar surface area (TPSA) is 35.5 Å². The van der Waals surface area contributed by atoms with Crippen LogP contribution in [0.1, 0.15) is 5.56 Å². The lowest BCUT2D eigenvalue weighted by Crippen LogP contribution is -2.06. The molecule has 1 aromatic rings. The van der Waals surface area contributed by atoms with Gasteiger partial charge in [-0.2, -0.15) is 0 Å². The van der Waals surface area contributed by atoms with Gasteiger partial charge in [-0.25, -0.2) is 0 Å². The molecule has 3 nitrogen and oxygen atoms in total. The highest BCUT2D eigenvalue weighted by Gasteiger charge is 2.13. The molecule has 0 atom stereocenters. The van der Waals surface area contributed by atoms with Gasteiger partial charge in [0, 0.05) is 10.6 Å². The van der Waals surface area contributed by atoms with Crippen LogP contribution in [0.4, 0.5) is 0 Å². The lowest BCUT2D eigenvalue weighted by molar-refractivity contribution is -0.139. The fourth-order valence-corrected chi connectivity index (χ4v) is 1.81. The van der Waals surface area contributed by atoms with E-state index in [0.717, 1.165) is 0 Å². The third-order valence-electron chi connectivity index (χ3n) is 1.85. The van der Waals surface area contributed by atoms with Crippen molar-refractivity contribution in [2.75, 3.05) is 14.2 Å². The maximum atomic E-state index is 11.1. The second kappa shape index (κ2) is 5.24. The van der Waals surface area contributed by atoms with Crippen molar-refractivity contribution in [3.8, 4) is 5.75 Å². The highest BCUT2D eigenvalue weighted by Crippen LogP contribution is 2.32. The Morgan fingerprint density at radius 3 is 2.53 bits per heavy atom. The first kappa shape index (κ1) is 12.1. The minimum atomic E-state index is -0.369. The molecule has 0 spiro atoms. The average Bonchev–Trinajstić information content (AvgIpc) is 2.17. The Labute approximate surface area is 97.9 Å². The molecule has 15 heavy (non-hydrogen) atoms. The lowest BCUT2D eigenvalue weighted by atomic mass is 10.1. The third-order valence-corrected chi connectivity index (χ3v) is 2.35. The SMILES string of the molecule is COC(=O)Cc1cc(Cl)cc(Cl)c1OC. The van der Waals surface area contributed by atoms with Gasteiger partial charge in [-0.15, -0.1) is 0 Å². The number of halogens is 2. The number of ether oxygens (including phenoxy) is 2. The van der Waals surface area contributed by atoms with E-state index >= 15 is 0 Å². The molecule has 1 rings (SSSR count). The Hall–Kier alpha value is -0.930. The minimum Gasteiger partial charge on any atom is -0.495 e. The molecular weight excluding hydrogens is 239 g/mol. The summed E-state index contributed by atoms with van der Waals surface area (Å²) in [6.07, 6.45) is 0.0833. The second-order valence-corrected chi connectivity index (χ2v) is 3.68. The van der Waals surface area contributed by atoms with Crippen molar-refractivity contribution >= 4 is 29.2 Å². The zero-order chi connectivity index (χ0) is 11.4. The van der Waals surface area contributed by atoms with Crippen LogP contribution in [0.15, 0.2) is 12.1 Å². The first-order valence-electron chi connectivity index (χ1n) is 4.17. The van der Waals surface area contributed by atoms with Crippen LogP contribution in [-0.4, -0.2) is 20.2 Å². The van der Waals surface area contributed by atoms with E-state index in [1.165, 1.54) is 14.2 Å². The van der Waals surface area contributed by atoms with Gasteiger partial charge in [0.15, 0.2) is 0 Å². The fraction of sp³-hybridized carbons (Fsp3) is 0.300. The van der Waals surface area contributed by atoms with Gasteiger partial charge in [0.25, 0.3) is 0 Å². The molecule has 0 amide bonds. The third kappa shape index (κ3) is 3.01. The van der Waals surface area contributed by atoms with Gasteiger partial charge in [-0.1, -0.05) is 23.2 Å². The van der Waals surface area contributed by atoms with Gasteiger partial charge in [0.2, 0.25) is 0 Å². The summed E-state index contributed by atoms with van der Waals surface area (Å²) in [6.45, 7) is 0.